The van der Waals surface area contributed by atoms with Gasteiger partial charge in [0.25, 0.3) is 0 Å². The van der Waals surface area contributed by atoms with Gasteiger partial charge in [-0.15, -0.1) is 0 Å². The third-order valence-electron chi connectivity index (χ3n) is 3.45. The van der Waals surface area contributed by atoms with Crippen LogP contribution in [0.1, 0.15) is 17.5 Å². The van der Waals surface area contributed by atoms with Gasteiger partial charge >= 0.3 is 0 Å². The van der Waals surface area contributed by atoms with Crippen LogP contribution in [-0.4, -0.2) is 6.54 Å². The zero-order valence-electron chi connectivity index (χ0n) is 11.0. The molecule has 0 radical (unpaired) electrons. The van der Waals surface area contributed by atoms with E-state index < -0.39 is 5.82 Å². The molecule has 0 saturated carbocycles. The van der Waals surface area contributed by atoms with Gasteiger partial charge in [0, 0.05) is 12.1 Å². The van der Waals surface area contributed by atoms with Crippen LogP contribution in [0.15, 0.2) is 36.4 Å². The summed E-state index contributed by atoms with van der Waals surface area (Å²) in [7, 11) is 0. The highest BCUT2D eigenvalue weighted by atomic mass is 35.5. The van der Waals surface area contributed by atoms with Crippen molar-refractivity contribution in [1.29, 1.82) is 0 Å². The van der Waals surface area contributed by atoms with Gasteiger partial charge < -0.3 is 10.1 Å². The van der Waals surface area contributed by atoms with Gasteiger partial charge in [0.05, 0.1) is 10.7 Å². The molecule has 4 heteroatoms. The number of aryl methyl sites for hydroxylation is 1. The second-order valence-corrected chi connectivity index (χ2v) is 5.23. The molecular weight excluding hydrogens is 277 g/mol. The first-order valence-electron chi connectivity index (χ1n) is 6.67. The molecule has 0 unspecified atom stereocenters. The minimum atomic E-state index is -0.410. The highest BCUT2D eigenvalue weighted by Gasteiger charge is 2.14. The van der Waals surface area contributed by atoms with Crippen molar-refractivity contribution >= 4 is 17.3 Å². The summed E-state index contributed by atoms with van der Waals surface area (Å²) in [5.74, 6) is 0.355. The van der Waals surface area contributed by atoms with Crippen LogP contribution in [0.3, 0.4) is 0 Å². The van der Waals surface area contributed by atoms with Crippen molar-refractivity contribution in [1.82, 2.24) is 0 Å². The normalized spacial score (nSPS) is 13.5. The number of halogens is 2. The lowest BCUT2D eigenvalue weighted by Crippen LogP contribution is -2.13. The molecule has 0 fully saturated rings. The average Bonchev–Trinajstić information content (AvgIpc) is 2.49. The number of para-hydroxylation sites is 1. The van der Waals surface area contributed by atoms with Crippen molar-refractivity contribution in [3.8, 4) is 5.75 Å². The summed E-state index contributed by atoms with van der Waals surface area (Å²) in [5.41, 5.74) is 2.74. The van der Waals surface area contributed by atoms with Gasteiger partial charge in [-0.1, -0.05) is 35.9 Å². The topological polar surface area (TPSA) is 21.3 Å². The second-order valence-electron chi connectivity index (χ2n) is 4.82. The van der Waals surface area contributed by atoms with E-state index in [-0.39, 0.29) is 11.6 Å². The number of ether oxygens (including phenoxy) is 1. The standard InChI is InChI=1S/C16H15ClFNO/c17-13-7-1-5-12(15(13)18)10-20-14-8-2-4-11-6-3-9-19-16(11)14/h1-2,4-5,7-8,19H,3,6,9-10H2. The van der Waals surface area contributed by atoms with Gasteiger partial charge in [-0.05, 0) is 30.5 Å². The van der Waals surface area contributed by atoms with Crippen molar-refractivity contribution < 1.29 is 9.13 Å². The second kappa shape index (κ2) is 5.71. The molecule has 3 rings (SSSR count). The van der Waals surface area contributed by atoms with Crippen molar-refractivity contribution in [2.24, 2.45) is 0 Å². The molecule has 1 aliphatic heterocycles. The lowest BCUT2D eigenvalue weighted by molar-refractivity contribution is 0.300. The number of rotatable bonds is 3. The van der Waals surface area contributed by atoms with Gasteiger partial charge in [0.15, 0.2) is 0 Å². The molecule has 0 aliphatic carbocycles. The summed E-state index contributed by atoms with van der Waals surface area (Å²) in [5, 5.41) is 3.47. The third-order valence-corrected chi connectivity index (χ3v) is 3.74. The van der Waals surface area contributed by atoms with Crippen LogP contribution in [0.5, 0.6) is 5.75 Å². The van der Waals surface area contributed by atoms with E-state index in [0.29, 0.717) is 5.56 Å². The molecule has 20 heavy (non-hydrogen) atoms. The van der Waals surface area contributed by atoms with E-state index in [2.05, 4.69) is 11.4 Å². The first-order chi connectivity index (χ1) is 9.75. The zero-order valence-corrected chi connectivity index (χ0v) is 11.7. The van der Waals surface area contributed by atoms with Crippen LogP contribution in [-0.2, 0) is 13.0 Å². The number of nitrogens with one attached hydrogen (secondary N) is 1. The first kappa shape index (κ1) is 13.3. The number of anilines is 1. The molecule has 2 aromatic rings. The Hall–Kier alpha value is -1.74. The molecule has 2 aromatic carbocycles. The smallest absolute Gasteiger partial charge is 0.148 e. The van der Waals surface area contributed by atoms with Crippen LogP contribution >= 0.6 is 11.6 Å². The Morgan fingerprint density at radius 2 is 2.05 bits per heavy atom. The van der Waals surface area contributed by atoms with Crippen molar-refractivity contribution in [2.75, 3.05) is 11.9 Å². The number of hydrogen-bond donors (Lipinski definition) is 1. The Kier molecular flexibility index (Phi) is 3.79. The Balaban J connectivity index is 1.80. The fourth-order valence-corrected chi connectivity index (χ4v) is 2.61. The van der Waals surface area contributed by atoms with Gasteiger partial charge in [0.1, 0.15) is 18.2 Å². The molecule has 1 N–H and O–H groups in total. The average molecular weight is 292 g/mol. The maximum Gasteiger partial charge on any atom is 0.148 e. The molecule has 0 spiro atoms. The molecule has 0 amide bonds. The summed E-state index contributed by atoms with van der Waals surface area (Å²) in [6.07, 6.45) is 2.17. The molecule has 0 atom stereocenters. The van der Waals surface area contributed by atoms with Crippen LogP contribution in [0.2, 0.25) is 5.02 Å². The Morgan fingerprint density at radius 1 is 1.20 bits per heavy atom. The van der Waals surface area contributed by atoms with E-state index in [1.807, 2.05) is 12.1 Å². The van der Waals surface area contributed by atoms with Crippen LogP contribution in [0.25, 0.3) is 0 Å². The monoisotopic (exact) mass is 291 g/mol. The maximum atomic E-state index is 13.8. The third kappa shape index (κ3) is 2.59. The highest BCUT2D eigenvalue weighted by molar-refractivity contribution is 6.30. The van der Waals surface area contributed by atoms with Gasteiger partial charge in [0.2, 0.25) is 0 Å². The maximum absolute atomic E-state index is 13.8. The van der Waals surface area contributed by atoms with Gasteiger partial charge in [-0.3, -0.25) is 0 Å². The van der Waals surface area contributed by atoms with Crippen molar-refractivity contribution in [2.45, 2.75) is 19.4 Å². The molecule has 104 valence electrons. The van der Waals surface area contributed by atoms with Gasteiger partial charge in [-0.2, -0.15) is 0 Å². The van der Waals surface area contributed by atoms with E-state index >= 15 is 0 Å². The fourth-order valence-electron chi connectivity index (χ4n) is 2.41. The quantitative estimate of drug-likeness (QED) is 0.904. The number of hydrogen-bond acceptors (Lipinski definition) is 2. The first-order valence-corrected chi connectivity index (χ1v) is 7.05. The molecule has 1 heterocycles. The Bertz CT molecular complexity index is 630. The summed E-state index contributed by atoms with van der Waals surface area (Å²) in [4.78, 5) is 0. The van der Waals surface area contributed by atoms with E-state index in [4.69, 9.17) is 16.3 Å². The summed E-state index contributed by atoms with van der Waals surface area (Å²) in [6, 6.07) is 10.9. The predicted molar refractivity (Wildman–Crippen MR) is 79.0 cm³/mol. The van der Waals surface area contributed by atoms with E-state index in [0.717, 1.165) is 30.8 Å². The molecule has 0 saturated heterocycles. The van der Waals surface area contributed by atoms with Crippen molar-refractivity contribution in [3.63, 3.8) is 0 Å². The minimum Gasteiger partial charge on any atom is -0.487 e. The lowest BCUT2D eigenvalue weighted by Gasteiger charge is -2.21. The zero-order chi connectivity index (χ0) is 13.9. The summed E-state index contributed by atoms with van der Waals surface area (Å²) in [6.45, 7) is 1.11. The summed E-state index contributed by atoms with van der Waals surface area (Å²) < 4.78 is 19.6. The highest BCUT2D eigenvalue weighted by Crippen LogP contribution is 2.32. The van der Waals surface area contributed by atoms with Crippen LogP contribution in [0.4, 0.5) is 10.1 Å². The fraction of sp³-hybridized carbons (Fsp3) is 0.250. The lowest BCUT2D eigenvalue weighted by atomic mass is 10.0. The predicted octanol–water partition coefficient (Wildman–Crippen LogP) is 4.42. The number of fused-ring (bicyclic) bond motifs is 1. The minimum absolute atomic E-state index is 0.124. The van der Waals surface area contributed by atoms with Gasteiger partial charge in [-0.25, -0.2) is 4.39 Å². The van der Waals surface area contributed by atoms with E-state index in [1.54, 1.807) is 12.1 Å². The Labute approximate surface area is 122 Å². The Morgan fingerprint density at radius 3 is 2.95 bits per heavy atom. The number of benzene rings is 2. The van der Waals surface area contributed by atoms with Crippen LogP contribution < -0.4 is 10.1 Å². The van der Waals surface area contributed by atoms with E-state index in [1.165, 1.54) is 11.6 Å². The SMILES string of the molecule is Fc1c(Cl)cccc1COc1cccc2c1NCCC2. The summed E-state index contributed by atoms with van der Waals surface area (Å²) >= 11 is 5.77. The molecule has 0 aromatic heterocycles. The molecule has 1 aliphatic rings. The van der Waals surface area contributed by atoms with Crippen molar-refractivity contribution in [3.05, 3.63) is 58.4 Å². The molecule has 2 nitrogen and oxygen atoms in total. The largest absolute Gasteiger partial charge is 0.487 e. The molecule has 0 bridgehead atoms. The molecular formula is C16H15ClFNO. The van der Waals surface area contributed by atoms with E-state index in [9.17, 15) is 4.39 Å². The van der Waals surface area contributed by atoms with Crippen LogP contribution in [0, 0.1) is 5.82 Å².